The van der Waals surface area contributed by atoms with Crippen molar-refractivity contribution in [3.05, 3.63) is 58.5 Å². The molecular formula is C16H19N3O2. The van der Waals surface area contributed by atoms with Crippen LogP contribution in [0.5, 0.6) is 0 Å². The van der Waals surface area contributed by atoms with Gasteiger partial charge in [0.25, 0.3) is 5.56 Å². The van der Waals surface area contributed by atoms with Crippen LogP contribution in [0.2, 0.25) is 0 Å². The lowest BCUT2D eigenvalue weighted by molar-refractivity contribution is -0.116. The van der Waals surface area contributed by atoms with E-state index in [2.05, 4.69) is 5.32 Å². The minimum absolute atomic E-state index is 0.0392. The van der Waals surface area contributed by atoms with E-state index in [9.17, 15) is 9.59 Å². The summed E-state index contributed by atoms with van der Waals surface area (Å²) in [7, 11) is 0. The van der Waals surface area contributed by atoms with Gasteiger partial charge in [0.05, 0.1) is 11.4 Å². The van der Waals surface area contributed by atoms with Crippen LogP contribution in [-0.2, 0) is 11.3 Å². The summed E-state index contributed by atoms with van der Waals surface area (Å²) in [6.45, 7) is 2.41. The fourth-order valence-electron chi connectivity index (χ4n) is 2.13. The quantitative estimate of drug-likeness (QED) is 0.826. The number of nitrogens with two attached hydrogens (primary N) is 1. The van der Waals surface area contributed by atoms with Gasteiger partial charge >= 0.3 is 0 Å². The van der Waals surface area contributed by atoms with Crippen molar-refractivity contribution < 1.29 is 4.79 Å². The third kappa shape index (κ3) is 3.95. The summed E-state index contributed by atoms with van der Waals surface area (Å²) >= 11 is 0. The highest BCUT2D eigenvalue weighted by atomic mass is 16.1. The van der Waals surface area contributed by atoms with Gasteiger partial charge in [-0.25, -0.2) is 0 Å². The van der Waals surface area contributed by atoms with Gasteiger partial charge in [-0.05, 0) is 31.5 Å². The lowest BCUT2D eigenvalue weighted by atomic mass is 10.2. The number of aryl methyl sites for hydroxylation is 1. The molecule has 2 rings (SSSR count). The Morgan fingerprint density at radius 3 is 2.67 bits per heavy atom. The monoisotopic (exact) mass is 285 g/mol. The lowest BCUT2D eigenvalue weighted by Gasteiger charge is -2.10. The smallest absolute Gasteiger partial charge is 0.250 e. The van der Waals surface area contributed by atoms with Crippen LogP contribution in [0.4, 0.5) is 11.4 Å². The maximum absolute atomic E-state index is 11.9. The fourth-order valence-corrected chi connectivity index (χ4v) is 2.13. The normalized spacial score (nSPS) is 10.3. The minimum Gasteiger partial charge on any atom is -0.397 e. The number of anilines is 2. The molecule has 5 nitrogen and oxygen atoms in total. The number of amides is 1. The zero-order valence-corrected chi connectivity index (χ0v) is 12.0. The van der Waals surface area contributed by atoms with Crippen molar-refractivity contribution >= 4 is 17.3 Å². The Balaban J connectivity index is 1.88. The first-order valence-corrected chi connectivity index (χ1v) is 6.89. The Morgan fingerprint density at radius 2 is 1.95 bits per heavy atom. The molecule has 0 aliphatic carbocycles. The molecule has 0 atom stereocenters. The van der Waals surface area contributed by atoms with E-state index in [1.165, 1.54) is 6.07 Å². The maximum Gasteiger partial charge on any atom is 0.250 e. The second kappa shape index (κ2) is 6.74. The number of carbonyl (C=O) groups is 1. The molecule has 1 aromatic carbocycles. The van der Waals surface area contributed by atoms with Gasteiger partial charge in [0.15, 0.2) is 0 Å². The van der Waals surface area contributed by atoms with Gasteiger partial charge in [-0.1, -0.05) is 18.2 Å². The molecule has 0 spiro atoms. The van der Waals surface area contributed by atoms with Gasteiger partial charge in [-0.2, -0.15) is 0 Å². The summed E-state index contributed by atoms with van der Waals surface area (Å²) in [5.41, 5.74) is 7.79. The Morgan fingerprint density at radius 1 is 1.19 bits per heavy atom. The van der Waals surface area contributed by atoms with E-state index in [1.54, 1.807) is 22.8 Å². The van der Waals surface area contributed by atoms with E-state index in [0.717, 1.165) is 5.69 Å². The van der Waals surface area contributed by atoms with Gasteiger partial charge in [-0.3, -0.25) is 9.59 Å². The van der Waals surface area contributed by atoms with Gasteiger partial charge in [0.2, 0.25) is 5.91 Å². The average molecular weight is 285 g/mol. The van der Waals surface area contributed by atoms with Crippen molar-refractivity contribution in [2.75, 3.05) is 11.1 Å². The molecule has 21 heavy (non-hydrogen) atoms. The molecule has 0 saturated carbocycles. The number of hydrogen-bond donors (Lipinski definition) is 2. The number of pyridine rings is 1. The second-order valence-corrected chi connectivity index (χ2v) is 4.90. The molecule has 2 aromatic rings. The van der Waals surface area contributed by atoms with Gasteiger partial charge in [-0.15, -0.1) is 0 Å². The van der Waals surface area contributed by atoms with Crippen LogP contribution in [0.15, 0.2) is 47.3 Å². The highest BCUT2D eigenvalue weighted by molar-refractivity contribution is 5.93. The first-order valence-electron chi connectivity index (χ1n) is 6.89. The van der Waals surface area contributed by atoms with Gasteiger partial charge in [0, 0.05) is 24.7 Å². The number of para-hydroxylation sites is 2. The molecule has 1 heterocycles. The van der Waals surface area contributed by atoms with Crippen molar-refractivity contribution in [3.63, 3.8) is 0 Å². The first kappa shape index (κ1) is 14.8. The van der Waals surface area contributed by atoms with Crippen LogP contribution in [0, 0.1) is 6.92 Å². The van der Waals surface area contributed by atoms with Crippen LogP contribution in [0.25, 0.3) is 0 Å². The van der Waals surface area contributed by atoms with Crippen molar-refractivity contribution in [1.29, 1.82) is 0 Å². The molecule has 3 N–H and O–H groups in total. The zero-order chi connectivity index (χ0) is 15.2. The molecule has 0 bridgehead atoms. The number of nitrogens with zero attached hydrogens (tertiary/aromatic N) is 1. The topological polar surface area (TPSA) is 77.1 Å². The SMILES string of the molecule is Cc1cccc(=O)n1CCCC(=O)Nc1ccccc1N. The highest BCUT2D eigenvalue weighted by Gasteiger charge is 2.05. The lowest BCUT2D eigenvalue weighted by Crippen LogP contribution is -2.22. The number of nitrogens with one attached hydrogen (secondary N) is 1. The molecular weight excluding hydrogens is 266 g/mol. The van der Waals surface area contributed by atoms with E-state index < -0.39 is 0 Å². The summed E-state index contributed by atoms with van der Waals surface area (Å²) in [5, 5.41) is 2.77. The van der Waals surface area contributed by atoms with Gasteiger partial charge in [0.1, 0.15) is 0 Å². The summed E-state index contributed by atoms with van der Waals surface area (Å²) in [6.07, 6.45) is 0.943. The standard InChI is InChI=1S/C16H19N3O2/c1-12-6-4-10-16(21)19(12)11-5-9-15(20)18-14-8-3-2-7-13(14)17/h2-4,6-8,10H,5,9,11,17H2,1H3,(H,18,20). The van der Waals surface area contributed by atoms with Crippen LogP contribution in [0.1, 0.15) is 18.5 Å². The van der Waals surface area contributed by atoms with Crippen LogP contribution >= 0.6 is 0 Å². The molecule has 0 radical (unpaired) electrons. The number of nitrogen functional groups attached to an aromatic ring is 1. The third-order valence-electron chi connectivity index (χ3n) is 3.29. The molecule has 0 aliphatic rings. The Labute approximate surface area is 123 Å². The zero-order valence-electron chi connectivity index (χ0n) is 12.0. The number of aromatic nitrogens is 1. The Hall–Kier alpha value is -2.56. The Kier molecular flexibility index (Phi) is 4.77. The highest BCUT2D eigenvalue weighted by Crippen LogP contribution is 2.16. The summed E-state index contributed by atoms with van der Waals surface area (Å²) in [4.78, 5) is 23.6. The number of hydrogen-bond acceptors (Lipinski definition) is 3. The average Bonchev–Trinajstić information content (AvgIpc) is 2.45. The van der Waals surface area contributed by atoms with E-state index in [4.69, 9.17) is 5.73 Å². The molecule has 0 fully saturated rings. The molecule has 0 saturated heterocycles. The molecule has 0 aliphatic heterocycles. The Bertz CT molecular complexity index is 692. The molecule has 5 heteroatoms. The van der Waals surface area contributed by atoms with E-state index in [-0.39, 0.29) is 11.5 Å². The minimum atomic E-state index is -0.102. The van der Waals surface area contributed by atoms with Crippen molar-refractivity contribution in [1.82, 2.24) is 4.57 Å². The molecule has 0 unspecified atom stereocenters. The fraction of sp³-hybridized carbons (Fsp3) is 0.250. The predicted octanol–water partition coefficient (Wildman–Crippen LogP) is 2.16. The molecule has 1 amide bonds. The van der Waals surface area contributed by atoms with Crippen molar-refractivity contribution in [2.24, 2.45) is 0 Å². The van der Waals surface area contributed by atoms with E-state index in [1.807, 2.05) is 25.1 Å². The maximum atomic E-state index is 11.9. The number of carbonyl (C=O) groups excluding carboxylic acids is 1. The number of rotatable bonds is 5. The van der Waals surface area contributed by atoms with Crippen LogP contribution < -0.4 is 16.6 Å². The van der Waals surface area contributed by atoms with Crippen molar-refractivity contribution in [2.45, 2.75) is 26.3 Å². The summed E-state index contributed by atoms with van der Waals surface area (Å²) in [6, 6.07) is 12.3. The first-order chi connectivity index (χ1) is 10.1. The van der Waals surface area contributed by atoms with Crippen LogP contribution in [0.3, 0.4) is 0 Å². The largest absolute Gasteiger partial charge is 0.397 e. The third-order valence-corrected chi connectivity index (χ3v) is 3.29. The van der Waals surface area contributed by atoms with E-state index >= 15 is 0 Å². The number of benzene rings is 1. The summed E-state index contributed by atoms with van der Waals surface area (Å²) < 4.78 is 1.67. The molecule has 1 aromatic heterocycles. The van der Waals surface area contributed by atoms with E-state index in [0.29, 0.717) is 30.8 Å². The van der Waals surface area contributed by atoms with Crippen molar-refractivity contribution in [3.8, 4) is 0 Å². The van der Waals surface area contributed by atoms with Gasteiger partial charge < -0.3 is 15.6 Å². The van der Waals surface area contributed by atoms with Crippen LogP contribution in [-0.4, -0.2) is 10.5 Å². The second-order valence-electron chi connectivity index (χ2n) is 4.90. The summed E-state index contributed by atoms with van der Waals surface area (Å²) in [5.74, 6) is -0.102. The predicted molar refractivity (Wildman–Crippen MR) is 84.2 cm³/mol. The molecule has 110 valence electrons.